The summed E-state index contributed by atoms with van der Waals surface area (Å²) in [4.78, 5) is 47.0. The minimum absolute atomic E-state index is 0. The van der Waals surface area contributed by atoms with E-state index in [0.717, 1.165) is 0 Å². The van der Waals surface area contributed by atoms with Crippen LogP contribution in [0.15, 0.2) is 0 Å². The maximum Gasteiger partial charge on any atom is 0.409 e. The van der Waals surface area contributed by atoms with E-state index in [9.17, 15) is 19.2 Å². The zero-order valence-electron chi connectivity index (χ0n) is 17.7. The summed E-state index contributed by atoms with van der Waals surface area (Å²) in [5.74, 6) is 0. The number of nitrogens with one attached hydrogen (secondary N) is 4. The van der Waals surface area contributed by atoms with Gasteiger partial charge in [0.05, 0.1) is 33.7 Å². The molecule has 0 aliphatic carbocycles. The first kappa shape index (κ1) is 30.0. The lowest BCUT2D eigenvalue weighted by Gasteiger charge is -2.27. The molecule has 0 radical (unpaired) electrons. The van der Waals surface area contributed by atoms with Crippen molar-refractivity contribution in [3.05, 3.63) is 0 Å². The van der Waals surface area contributed by atoms with E-state index in [4.69, 9.17) is 18.9 Å². The Hall–Kier alpha value is -2.20. The number of carbonyl (C=O) groups excluding carboxylic acids is 4. The lowest BCUT2D eigenvalue weighted by atomic mass is 10.9. The van der Waals surface area contributed by atoms with Crippen molar-refractivity contribution in [2.45, 2.75) is 27.7 Å². The van der Waals surface area contributed by atoms with Gasteiger partial charge in [0, 0.05) is 0 Å². The summed E-state index contributed by atoms with van der Waals surface area (Å²) in [6, 6.07) is 0. The van der Waals surface area contributed by atoms with E-state index in [1.165, 1.54) is 0 Å². The fourth-order valence-corrected chi connectivity index (χ4v) is 4.52. The van der Waals surface area contributed by atoms with Gasteiger partial charge in [-0.05, 0) is 27.7 Å². The monoisotopic (exact) mass is 474 g/mol. The van der Waals surface area contributed by atoms with Gasteiger partial charge in [-0.15, -0.1) is 0 Å². The number of carbonyl (C=O) groups is 4. The van der Waals surface area contributed by atoms with Gasteiger partial charge in [-0.2, -0.15) is 0 Å². The highest BCUT2D eigenvalue weighted by molar-refractivity contribution is 7.75. The quantitative estimate of drug-likeness (QED) is 0.204. The van der Waals surface area contributed by atoms with Crippen LogP contribution in [0.3, 0.4) is 0 Å². The van der Waals surface area contributed by atoms with Crippen molar-refractivity contribution in [1.29, 1.82) is 0 Å². The molecule has 30 heavy (non-hydrogen) atoms. The van der Waals surface area contributed by atoms with Gasteiger partial charge in [-0.1, -0.05) is 0 Å². The van der Waals surface area contributed by atoms with Crippen LogP contribution in [0.4, 0.5) is 19.2 Å². The summed E-state index contributed by atoms with van der Waals surface area (Å²) in [5.41, 5.74) is 0. The molecule has 0 saturated carbocycles. The third-order valence-corrected chi connectivity index (χ3v) is 6.65. The van der Waals surface area contributed by atoms with Gasteiger partial charge in [0.1, 0.15) is 25.1 Å². The molecule has 0 spiro atoms. The number of ether oxygens (including phenoxy) is 4. The predicted molar refractivity (Wildman–Crippen MR) is 107 cm³/mol. The highest BCUT2D eigenvalue weighted by Crippen LogP contribution is 2.54. The summed E-state index contributed by atoms with van der Waals surface area (Å²) in [6.45, 7) is 7.37. The average Bonchev–Trinajstić information content (AvgIpc) is 2.68. The van der Waals surface area contributed by atoms with Gasteiger partial charge in [0.2, 0.25) is 0 Å². The number of amides is 4. The maximum atomic E-state index is 11.8. The van der Waals surface area contributed by atoms with E-state index in [-0.39, 0.29) is 64.0 Å². The molecule has 12 nitrogen and oxygen atoms in total. The highest BCUT2D eigenvalue weighted by Gasteiger charge is 2.40. The second kappa shape index (κ2) is 17.6. The average molecular weight is 475 g/mol. The van der Waals surface area contributed by atoms with Gasteiger partial charge < -0.3 is 31.4 Å². The molecule has 4 N–H and O–H groups in total. The third kappa shape index (κ3) is 13.9. The maximum absolute atomic E-state index is 11.8. The van der Waals surface area contributed by atoms with E-state index in [1.54, 1.807) is 27.7 Å². The van der Waals surface area contributed by atoms with Gasteiger partial charge >= 0.3 is 24.4 Å². The Kier molecular flexibility index (Phi) is 17.6. The first-order valence-electron chi connectivity index (χ1n) is 9.30. The predicted octanol–water partition coefficient (Wildman–Crippen LogP) is -1.18. The van der Waals surface area contributed by atoms with Crippen molar-refractivity contribution in [3.63, 3.8) is 0 Å². The molecule has 176 valence electrons. The van der Waals surface area contributed by atoms with E-state index < -0.39 is 31.6 Å². The number of hydrogen-bond donors (Lipinski definition) is 4. The van der Waals surface area contributed by atoms with Crippen LogP contribution in [0, 0.1) is 0 Å². The van der Waals surface area contributed by atoms with Crippen molar-refractivity contribution in [2.24, 2.45) is 0 Å². The Bertz CT molecular complexity index is 448. The van der Waals surface area contributed by atoms with Crippen molar-refractivity contribution in [3.8, 4) is 0 Å². The molecular formula is C16H32ClN4O8P. The minimum Gasteiger partial charge on any atom is -1.00 e. The molecule has 0 fully saturated rings. The molecule has 4 amide bonds. The Morgan fingerprint density at radius 1 is 0.533 bits per heavy atom. The van der Waals surface area contributed by atoms with Crippen LogP contribution in [0.25, 0.3) is 0 Å². The molecule has 0 saturated heterocycles. The smallest absolute Gasteiger partial charge is 0.409 e. The molecule has 0 aromatic heterocycles. The van der Waals surface area contributed by atoms with Crippen molar-refractivity contribution in [1.82, 2.24) is 21.3 Å². The Labute approximate surface area is 183 Å². The normalized spacial score (nSPS) is 10.0. The molecule has 0 bridgehead atoms. The highest BCUT2D eigenvalue weighted by atomic mass is 35.5. The van der Waals surface area contributed by atoms with Crippen LogP contribution in [0.2, 0.25) is 0 Å². The van der Waals surface area contributed by atoms with Crippen molar-refractivity contribution >= 4 is 31.6 Å². The zero-order chi connectivity index (χ0) is 22.1. The van der Waals surface area contributed by atoms with Crippen LogP contribution in [-0.4, -0.2) is 75.9 Å². The van der Waals surface area contributed by atoms with Gasteiger partial charge in [0.25, 0.3) is 0 Å². The molecule has 0 unspecified atom stereocenters. The minimum atomic E-state index is -2.45. The molecule has 14 heteroatoms. The lowest BCUT2D eigenvalue weighted by Crippen LogP contribution is -3.00. The van der Waals surface area contributed by atoms with E-state index >= 15 is 0 Å². The molecule has 0 rings (SSSR count). The number of rotatable bonds is 12. The summed E-state index contributed by atoms with van der Waals surface area (Å²) < 4.78 is 19.4. The van der Waals surface area contributed by atoms with Gasteiger partial charge in [-0.3, -0.25) is 21.3 Å². The van der Waals surface area contributed by atoms with Gasteiger partial charge in [0.15, 0.2) is 0 Å². The van der Waals surface area contributed by atoms with Crippen molar-refractivity contribution < 1.29 is 50.5 Å². The van der Waals surface area contributed by atoms with E-state index in [2.05, 4.69) is 21.3 Å². The second-order valence-electron chi connectivity index (χ2n) is 5.56. The molecule has 0 aliphatic rings. The van der Waals surface area contributed by atoms with Crippen LogP contribution in [0.5, 0.6) is 0 Å². The molecule has 0 aromatic rings. The zero-order valence-corrected chi connectivity index (χ0v) is 19.4. The first-order chi connectivity index (χ1) is 13.8. The first-order valence-corrected chi connectivity index (χ1v) is 11.8. The number of hydrogen-bond acceptors (Lipinski definition) is 8. The Balaban J connectivity index is 0. The Morgan fingerprint density at radius 2 is 0.733 bits per heavy atom. The summed E-state index contributed by atoms with van der Waals surface area (Å²) in [5, 5.41) is 10.4. The fraction of sp³-hybridized carbons (Fsp3) is 0.750. The molecule has 0 heterocycles. The van der Waals surface area contributed by atoms with E-state index in [1.807, 2.05) is 0 Å². The Morgan fingerprint density at radius 3 is 0.900 bits per heavy atom. The van der Waals surface area contributed by atoms with Crippen LogP contribution < -0.4 is 33.7 Å². The lowest BCUT2D eigenvalue weighted by molar-refractivity contribution is -0.0000303. The van der Waals surface area contributed by atoms with Crippen LogP contribution in [-0.2, 0) is 18.9 Å². The van der Waals surface area contributed by atoms with Gasteiger partial charge in [-0.25, -0.2) is 19.2 Å². The van der Waals surface area contributed by atoms with Crippen LogP contribution in [0.1, 0.15) is 27.7 Å². The summed E-state index contributed by atoms with van der Waals surface area (Å²) >= 11 is 0. The summed E-state index contributed by atoms with van der Waals surface area (Å²) in [6.07, 6.45) is -2.34. The number of alkyl carbamates (subject to hydrolysis) is 4. The fourth-order valence-electron chi connectivity index (χ4n) is 1.99. The summed E-state index contributed by atoms with van der Waals surface area (Å²) in [7, 11) is -2.45. The van der Waals surface area contributed by atoms with E-state index in [0.29, 0.717) is 0 Å². The topological polar surface area (TPSA) is 153 Å². The molecule has 0 aliphatic heterocycles. The molecular weight excluding hydrogens is 443 g/mol. The SMILES string of the molecule is CCOC(=O)NC[P+](CNC(=O)OCC)(CNC(=O)OCC)CNC(=O)OCC.[Cl-]. The largest absolute Gasteiger partial charge is 1.00 e. The van der Waals surface area contributed by atoms with Crippen LogP contribution >= 0.6 is 7.26 Å². The number of halogens is 1. The van der Waals surface area contributed by atoms with Crippen molar-refractivity contribution in [2.75, 3.05) is 51.6 Å². The standard InChI is InChI=1S/C16H31N4O8P.ClH/c1-5-25-13(21)17-9-29(10-18-14(22)26-6-2,11-19-15(23)27-7-3)12-20-16(24)28-8-4;/h5-12H2,1-4H3,(H3-,17,18,19,20,21,22,23,24);1H. The second-order valence-corrected chi connectivity index (χ2v) is 9.51. The molecule has 0 aromatic carbocycles. The third-order valence-electron chi connectivity index (χ3n) is 3.34. The molecule has 0 atom stereocenters.